The molecule has 4 heteroatoms. The lowest BCUT2D eigenvalue weighted by Crippen LogP contribution is -2.74. The van der Waals surface area contributed by atoms with Gasteiger partial charge >= 0.3 is 0 Å². The maximum atomic E-state index is 6.54. The Morgan fingerprint density at radius 3 is 1.38 bits per heavy atom. The number of para-hydroxylation sites is 4. The van der Waals surface area contributed by atoms with E-state index in [4.69, 9.17) is 4.42 Å². The van der Waals surface area contributed by atoms with E-state index >= 15 is 0 Å². The first-order valence-electron chi connectivity index (χ1n) is 22.0. The van der Waals surface area contributed by atoms with Crippen molar-refractivity contribution >= 4 is 94.4 Å². The van der Waals surface area contributed by atoms with E-state index < -0.39 is 8.07 Å². The van der Waals surface area contributed by atoms with E-state index in [0.717, 1.165) is 50.0 Å². The van der Waals surface area contributed by atoms with Gasteiger partial charge < -0.3 is 13.6 Å². The molecule has 0 unspecified atom stereocenters. The van der Waals surface area contributed by atoms with Crippen molar-refractivity contribution in [2.75, 3.05) is 0 Å². The molecule has 13 rings (SSSR count). The van der Waals surface area contributed by atoms with Gasteiger partial charge in [0.25, 0.3) is 0 Å². The van der Waals surface area contributed by atoms with Crippen LogP contribution in [0.2, 0.25) is 0 Å². The monoisotopic (exact) mass is 832 g/mol. The lowest BCUT2D eigenvalue weighted by Gasteiger charge is -2.34. The molecule has 0 N–H and O–H groups in total. The molecule has 0 aliphatic rings. The minimum Gasteiger partial charge on any atom is -0.455 e. The van der Waals surface area contributed by atoms with Crippen molar-refractivity contribution in [3.8, 4) is 22.5 Å². The summed E-state index contributed by atoms with van der Waals surface area (Å²) in [4.78, 5) is 0. The second-order valence-electron chi connectivity index (χ2n) is 16.8. The lowest BCUT2D eigenvalue weighted by atomic mass is 10.0. The molecule has 300 valence electrons. The smallest absolute Gasteiger partial charge is 0.179 e. The highest BCUT2D eigenvalue weighted by Gasteiger charge is 2.41. The zero-order chi connectivity index (χ0) is 42.2. The van der Waals surface area contributed by atoms with Gasteiger partial charge in [0.1, 0.15) is 11.2 Å². The highest BCUT2D eigenvalue weighted by Crippen LogP contribution is 2.40. The molecule has 0 bridgehead atoms. The quantitative estimate of drug-likeness (QED) is 0.116. The van der Waals surface area contributed by atoms with Crippen LogP contribution < -0.4 is 20.7 Å². The Kier molecular flexibility index (Phi) is 8.23. The Bertz CT molecular complexity index is 3790. The molecule has 0 saturated heterocycles. The zero-order valence-corrected chi connectivity index (χ0v) is 35.9. The van der Waals surface area contributed by atoms with Gasteiger partial charge in [-0.1, -0.05) is 194 Å². The van der Waals surface area contributed by atoms with Gasteiger partial charge in [-0.25, -0.2) is 0 Å². The molecule has 10 aromatic carbocycles. The SMILES string of the molecule is c1ccc([Si](c2ccccc2)(c2ccccc2)c2ccc(-n3c4ccccc4c4ccc(-n5c6ccccc6c6ccc(-c7cccc8c7oc7ccccc78)cc65)cc43)cc2)cc1. The molecule has 0 fully saturated rings. The summed E-state index contributed by atoms with van der Waals surface area (Å²) < 4.78 is 11.4. The molecule has 3 aromatic heterocycles. The molecule has 64 heavy (non-hydrogen) atoms. The van der Waals surface area contributed by atoms with Crippen molar-refractivity contribution in [2.45, 2.75) is 0 Å². The molecular weight excluding hydrogens is 793 g/mol. The van der Waals surface area contributed by atoms with Gasteiger partial charge in [0.05, 0.1) is 22.1 Å². The highest BCUT2D eigenvalue weighted by molar-refractivity contribution is 7.19. The number of nitrogens with zero attached hydrogens (tertiary/aromatic N) is 2. The number of furan rings is 1. The van der Waals surface area contributed by atoms with Crippen LogP contribution in [-0.4, -0.2) is 17.2 Å². The summed E-state index contributed by atoms with van der Waals surface area (Å²) in [6, 6.07) is 89.2. The molecule has 0 radical (unpaired) electrons. The molecular formula is C60H40N2OSi. The van der Waals surface area contributed by atoms with Crippen molar-refractivity contribution in [2.24, 2.45) is 0 Å². The van der Waals surface area contributed by atoms with E-state index in [0.29, 0.717) is 0 Å². The molecule has 0 amide bonds. The predicted octanol–water partition coefficient (Wildman–Crippen LogP) is 12.8. The fraction of sp³-hybridized carbons (Fsp3) is 0. The molecule has 3 nitrogen and oxygen atoms in total. The van der Waals surface area contributed by atoms with Crippen LogP contribution in [0.1, 0.15) is 0 Å². The highest BCUT2D eigenvalue weighted by atomic mass is 28.3. The first-order valence-corrected chi connectivity index (χ1v) is 24.0. The summed E-state index contributed by atoms with van der Waals surface area (Å²) in [6.07, 6.45) is 0. The standard InChI is InChI=1S/C60H40N2OSi/c1-4-17-44(18-5-1)64(45-19-6-2-7-20-45,46-21-8-3-9-22-46)47-35-32-42(33-36-47)61-55-28-13-10-24-50(55)52-38-34-43(40-58(52)61)62-56-29-14-11-23-49(56)51-37-31-41(39-57(51)62)48-26-16-27-54-53-25-12-15-30-59(53)63-60(48)54/h1-40H. The van der Waals surface area contributed by atoms with Gasteiger partial charge in [-0.3, -0.25) is 0 Å². The topological polar surface area (TPSA) is 23.0 Å². The third kappa shape index (κ3) is 5.39. The molecule has 13 aromatic rings. The average Bonchev–Trinajstić information content (AvgIpc) is 4.03. The summed E-state index contributed by atoms with van der Waals surface area (Å²) in [5, 5.41) is 12.6. The normalized spacial score (nSPS) is 12.1. The van der Waals surface area contributed by atoms with Gasteiger partial charge in [0.2, 0.25) is 0 Å². The number of fused-ring (bicyclic) bond motifs is 9. The van der Waals surface area contributed by atoms with E-state index in [1.807, 2.05) is 6.07 Å². The lowest BCUT2D eigenvalue weighted by molar-refractivity contribution is 0.670. The van der Waals surface area contributed by atoms with E-state index in [2.05, 4.69) is 246 Å². The second kappa shape index (κ2) is 14.5. The van der Waals surface area contributed by atoms with Crippen molar-refractivity contribution in [3.05, 3.63) is 243 Å². The number of rotatable bonds is 7. The van der Waals surface area contributed by atoms with Crippen LogP contribution in [0.4, 0.5) is 0 Å². The average molecular weight is 833 g/mol. The number of hydrogen-bond donors (Lipinski definition) is 0. The maximum Gasteiger partial charge on any atom is 0.179 e. The van der Waals surface area contributed by atoms with Crippen LogP contribution in [0.3, 0.4) is 0 Å². The number of aromatic nitrogens is 2. The zero-order valence-electron chi connectivity index (χ0n) is 34.9. The van der Waals surface area contributed by atoms with Gasteiger partial charge in [0, 0.05) is 49.3 Å². The molecule has 3 heterocycles. The predicted molar refractivity (Wildman–Crippen MR) is 271 cm³/mol. The van der Waals surface area contributed by atoms with Crippen LogP contribution >= 0.6 is 0 Å². The minimum absolute atomic E-state index is 0.906. The third-order valence-corrected chi connectivity index (χ3v) is 18.3. The molecule has 0 aliphatic heterocycles. The van der Waals surface area contributed by atoms with Crippen molar-refractivity contribution in [1.29, 1.82) is 0 Å². The summed E-state index contributed by atoms with van der Waals surface area (Å²) in [7, 11) is -2.68. The van der Waals surface area contributed by atoms with E-state index in [-0.39, 0.29) is 0 Å². The Hall–Kier alpha value is -8.18. The van der Waals surface area contributed by atoms with Crippen LogP contribution in [-0.2, 0) is 0 Å². The van der Waals surface area contributed by atoms with Gasteiger partial charge in [-0.15, -0.1) is 0 Å². The molecule has 0 aliphatic carbocycles. The van der Waals surface area contributed by atoms with Gasteiger partial charge in [0.15, 0.2) is 8.07 Å². The van der Waals surface area contributed by atoms with Crippen molar-refractivity contribution < 1.29 is 4.42 Å². The molecule has 0 spiro atoms. The van der Waals surface area contributed by atoms with E-state index in [1.54, 1.807) is 0 Å². The third-order valence-electron chi connectivity index (χ3n) is 13.5. The van der Waals surface area contributed by atoms with Crippen LogP contribution in [0.5, 0.6) is 0 Å². The summed E-state index contributed by atoms with van der Waals surface area (Å²) in [5.74, 6) is 0. The largest absolute Gasteiger partial charge is 0.455 e. The fourth-order valence-corrected chi connectivity index (χ4v) is 15.4. The van der Waals surface area contributed by atoms with Crippen molar-refractivity contribution in [3.63, 3.8) is 0 Å². The maximum absolute atomic E-state index is 6.54. The van der Waals surface area contributed by atoms with E-state index in [9.17, 15) is 0 Å². The summed E-state index contributed by atoms with van der Waals surface area (Å²) >= 11 is 0. The summed E-state index contributed by atoms with van der Waals surface area (Å²) in [6.45, 7) is 0. The number of hydrogen-bond acceptors (Lipinski definition) is 1. The van der Waals surface area contributed by atoms with Crippen molar-refractivity contribution in [1.82, 2.24) is 9.13 Å². The second-order valence-corrected chi connectivity index (χ2v) is 20.6. The first-order chi connectivity index (χ1) is 31.8. The summed E-state index contributed by atoms with van der Waals surface area (Å²) in [5.41, 5.74) is 11.0. The Balaban J connectivity index is 1.01. The fourth-order valence-electron chi connectivity index (χ4n) is 10.7. The van der Waals surface area contributed by atoms with Crippen LogP contribution in [0.15, 0.2) is 247 Å². The van der Waals surface area contributed by atoms with E-state index in [1.165, 1.54) is 58.8 Å². The first kappa shape index (κ1) is 36.5. The minimum atomic E-state index is -2.68. The van der Waals surface area contributed by atoms with Crippen LogP contribution in [0.25, 0.3) is 88.1 Å². The Labute approximate surface area is 371 Å². The number of benzene rings is 10. The molecule has 0 saturated carbocycles. The Morgan fingerprint density at radius 1 is 0.297 bits per heavy atom. The van der Waals surface area contributed by atoms with Gasteiger partial charge in [-0.2, -0.15) is 0 Å². The Morgan fingerprint density at radius 2 is 0.750 bits per heavy atom. The van der Waals surface area contributed by atoms with Gasteiger partial charge in [-0.05, 0) is 74.8 Å². The molecule has 0 atom stereocenters. The van der Waals surface area contributed by atoms with Crippen LogP contribution in [0, 0.1) is 0 Å².